The first kappa shape index (κ1) is 20.4. The average Bonchev–Trinajstić information content (AvgIpc) is 3.27. The second kappa shape index (κ2) is 8.23. The van der Waals surface area contributed by atoms with Gasteiger partial charge in [0.1, 0.15) is 5.82 Å². The van der Waals surface area contributed by atoms with Crippen molar-refractivity contribution in [1.82, 2.24) is 25.0 Å². The maximum absolute atomic E-state index is 13.4. The van der Waals surface area contributed by atoms with Crippen LogP contribution < -0.4 is 11.1 Å². The van der Waals surface area contributed by atoms with Gasteiger partial charge in [0.25, 0.3) is 0 Å². The van der Waals surface area contributed by atoms with Crippen LogP contribution in [0.3, 0.4) is 0 Å². The number of nitrogens with one attached hydrogen (secondary N) is 2. The fraction of sp³-hybridized carbons (Fsp3) is 0.391. The van der Waals surface area contributed by atoms with Gasteiger partial charge in [-0.1, -0.05) is 36.8 Å². The predicted octanol–water partition coefficient (Wildman–Crippen LogP) is 2.31. The van der Waals surface area contributed by atoms with Crippen molar-refractivity contribution in [2.45, 2.75) is 44.3 Å². The van der Waals surface area contributed by atoms with Crippen LogP contribution in [0.5, 0.6) is 0 Å². The number of rotatable bonds is 3. The van der Waals surface area contributed by atoms with Crippen molar-refractivity contribution in [3.05, 3.63) is 48.3 Å². The molecule has 2 fully saturated rings. The number of amides is 2. The van der Waals surface area contributed by atoms with Crippen LogP contribution in [0.4, 0.5) is 11.5 Å². The predicted molar refractivity (Wildman–Crippen MR) is 122 cm³/mol. The van der Waals surface area contributed by atoms with E-state index in [0.29, 0.717) is 35.0 Å². The minimum atomic E-state index is -0.697. The number of hydrogen-bond acceptors (Lipinski definition) is 6. The average molecular weight is 434 g/mol. The van der Waals surface area contributed by atoms with E-state index in [1.807, 2.05) is 30.3 Å². The molecule has 0 spiro atoms. The molecule has 32 heavy (non-hydrogen) atoms. The maximum atomic E-state index is 13.4. The number of fused-ring (bicyclic) bond motifs is 1. The third-order valence-electron chi connectivity index (χ3n) is 6.74. The Hall–Kier alpha value is -3.46. The Labute approximate surface area is 186 Å². The Balaban J connectivity index is 1.40. The van der Waals surface area contributed by atoms with Gasteiger partial charge in [-0.3, -0.25) is 19.6 Å². The van der Waals surface area contributed by atoms with E-state index in [2.05, 4.69) is 32.3 Å². The Morgan fingerprint density at radius 3 is 2.66 bits per heavy atom. The highest BCUT2D eigenvalue weighted by molar-refractivity contribution is 6.40. The highest BCUT2D eigenvalue weighted by Gasteiger charge is 2.41. The van der Waals surface area contributed by atoms with Crippen LogP contribution in [0.1, 0.15) is 37.8 Å². The van der Waals surface area contributed by atoms with E-state index < -0.39 is 11.8 Å². The zero-order valence-corrected chi connectivity index (χ0v) is 18.0. The number of H-pyrrole nitrogens is 1. The monoisotopic (exact) mass is 433 g/mol. The second-order valence-electron chi connectivity index (χ2n) is 8.68. The lowest BCUT2D eigenvalue weighted by Crippen LogP contribution is -2.60. The van der Waals surface area contributed by atoms with Gasteiger partial charge < -0.3 is 16.0 Å². The van der Waals surface area contributed by atoms with E-state index in [9.17, 15) is 9.59 Å². The Morgan fingerprint density at radius 2 is 1.94 bits per heavy atom. The molecule has 166 valence electrons. The fourth-order valence-corrected chi connectivity index (χ4v) is 4.76. The van der Waals surface area contributed by atoms with Gasteiger partial charge in [0.15, 0.2) is 0 Å². The quantitative estimate of drug-likeness (QED) is 0.545. The number of nitrogens with two attached hydrogens (primary N) is 1. The zero-order valence-electron chi connectivity index (χ0n) is 18.0. The van der Waals surface area contributed by atoms with E-state index in [1.54, 1.807) is 11.1 Å². The first-order chi connectivity index (χ1) is 15.5. The molecule has 1 saturated heterocycles. The molecule has 0 radical (unpaired) electrons. The molecular formula is C23H27N7O2. The van der Waals surface area contributed by atoms with E-state index in [-0.39, 0.29) is 12.1 Å². The van der Waals surface area contributed by atoms with Crippen LogP contribution in [0.15, 0.2) is 42.7 Å². The molecule has 4 N–H and O–H groups in total. The van der Waals surface area contributed by atoms with Gasteiger partial charge in [-0.15, -0.1) is 0 Å². The van der Waals surface area contributed by atoms with E-state index >= 15 is 0 Å². The summed E-state index contributed by atoms with van der Waals surface area (Å²) in [4.78, 5) is 34.7. The third-order valence-corrected chi connectivity index (χ3v) is 6.74. The lowest BCUT2D eigenvalue weighted by atomic mass is 9.88. The number of anilines is 2. The first-order valence-corrected chi connectivity index (χ1v) is 11.0. The summed E-state index contributed by atoms with van der Waals surface area (Å²) in [6, 6.07) is 10.5. The fourth-order valence-electron chi connectivity index (χ4n) is 4.76. The summed E-state index contributed by atoms with van der Waals surface area (Å²) in [5, 5.41) is 10.1. The maximum Gasteiger partial charge on any atom is 0.314 e. The number of nitrogen functional groups attached to an aromatic ring is 1. The summed E-state index contributed by atoms with van der Waals surface area (Å²) in [6.45, 7) is 3.36. The summed E-state index contributed by atoms with van der Waals surface area (Å²) < 4.78 is 0. The van der Waals surface area contributed by atoms with Crippen LogP contribution in [-0.4, -0.2) is 62.0 Å². The van der Waals surface area contributed by atoms with E-state index in [4.69, 9.17) is 5.73 Å². The van der Waals surface area contributed by atoms with Gasteiger partial charge in [-0.25, -0.2) is 4.98 Å². The van der Waals surface area contributed by atoms with Gasteiger partial charge in [-0.2, -0.15) is 5.10 Å². The van der Waals surface area contributed by atoms with Crippen LogP contribution in [0.2, 0.25) is 0 Å². The van der Waals surface area contributed by atoms with Crippen LogP contribution >= 0.6 is 0 Å². The van der Waals surface area contributed by atoms with Gasteiger partial charge in [0.05, 0.1) is 35.0 Å². The largest absolute Gasteiger partial charge is 0.383 e. The van der Waals surface area contributed by atoms with Crippen LogP contribution in [-0.2, 0) is 9.59 Å². The molecule has 2 atom stereocenters. The van der Waals surface area contributed by atoms with Gasteiger partial charge in [0, 0.05) is 25.2 Å². The lowest BCUT2D eigenvalue weighted by molar-refractivity contribution is -0.149. The normalized spacial score (nSPS) is 22.0. The van der Waals surface area contributed by atoms with Gasteiger partial charge >= 0.3 is 11.8 Å². The molecule has 2 aromatic heterocycles. The van der Waals surface area contributed by atoms with Crippen LogP contribution in [0, 0.1) is 0 Å². The SMILES string of the molecule is C[C@@H]1CN(C(=O)C(=O)Nc2cnc(N)c3cn[nH]c23)[C@@H](c2ccccc2)CN1C1CCC1. The smallest absolute Gasteiger partial charge is 0.314 e. The topological polar surface area (TPSA) is 120 Å². The number of nitrogens with zero attached hydrogens (tertiary/aromatic N) is 4. The molecule has 3 heterocycles. The highest BCUT2D eigenvalue weighted by atomic mass is 16.2. The summed E-state index contributed by atoms with van der Waals surface area (Å²) in [6.07, 6.45) is 6.64. The Kier molecular flexibility index (Phi) is 5.26. The molecule has 5 rings (SSSR count). The summed E-state index contributed by atoms with van der Waals surface area (Å²) in [7, 11) is 0. The van der Waals surface area contributed by atoms with E-state index in [0.717, 1.165) is 12.1 Å². The Bertz CT molecular complexity index is 1140. The van der Waals surface area contributed by atoms with E-state index in [1.165, 1.54) is 25.5 Å². The number of benzene rings is 1. The summed E-state index contributed by atoms with van der Waals surface area (Å²) >= 11 is 0. The number of piperazine rings is 1. The number of carbonyl (C=O) groups excluding carboxylic acids is 2. The van der Waals surface area contributed by atoms with Crippen molar-refractivity contribution >= 4 is 34.2 Å². The number of carbonyl (C=O) groups is 2. The molecule has 1 aliphatic carbocycles. The molecule has 0 unspecified atom stereocenters. The summed E-state index contributed by atoms with van der Waals surface area (Å²) in [5.74, 6) is -0.940. The molecule has 2 amide bonds. The van der Waals surface area contributed by atoms with Crippen molar-refractivity contribution in [2.75, 3.05) is 24.1 Å². The molecule has 9 heteroatoms. The zero-order chi connectivity index (χ0) is 22.2. The third kappa shape index (κ3) is 3.58. The van der Waals surface area contributed by atoms with Crippen molar-refractivity contribution in [3.63, 3.8) is 0 Å². The van der Waals surface area contributed by atoms with Crippen molar-refractivity contribution in [3.8, 4) is 0 Å². The number of hydrogen-bond donors (Lipinski definition) is 3. The molecule has 0 bridgehead atoms. The molecule has 2 aliphatic rings. The lowest BCUT2D eigenvalue weighted by Gasteiger charge is -2.50. The number of aromatic amines is 1. The van der Waals surface area contributed by atoms with Crippen LogP contribution in [0.25, 0.3) is 10.9 Å². The van der Waals surface area contributed by atoms with Gasteiger partial charge in [-0.05, 0) is 25.3 Å². The molecular weight excluding hydrogens is 406 g/mol. The highest BCUT2D eigenvalue weighted by Crippen LogP contribution is 2.35. The van der Waals surface area contributed by atoms with Gasteiger partial charge in [0.2, 0.25) is 0 Å². The minimum Gasteiger partial charge on any atom is -0.383 e. The molecule has 3 aromatic rings. The standard InChI is InChI=1S/C23H27N7O2/c1-14-12-30(19(15-6-3-2-4-7-15)13-29(14)16-8-5-9-16)23(32)22(31)27-18-11-25-21(24)17-10-26-28-20(17)18/h2-4,6-7,10-11,14,16,19H,5,8-9,12-13H2,1H3,(H2,24,25)(H,26,28)(H,27,31)/t14-,19-/m1/s1. The minimum absolute atomic E-state index is 0.178. The Morgan fingerprint density at radius 1 is 1.16 bits per heavy atom. The number of pyridine rings is 1. The molecule has 1 aliphatic heterocycles. The second-order valence-corrected chi connectivity index (χ2v) is 8.68. The molecule has 1 saturated carbocycles. The van der Waals surface area contributed by atoms with Crippen molar-refractivity contribution < 1.29 is 9.59 Å². The van der Waals surface area contributed by atoms with Crippen molar-refractivity contribution in [1.29, 1.82) is 0 Å². The van der Waals surface area contributed by atoms with Crippen molar-refractivity contribution in [2.24, 2.45) is 0 Å². The summed E-state index contributed by atoms with van der Waals surface area (Å²) in [5.41, 5.74) is 7.82. The molecule has 9 nitrogen and oxygen atoms in total. The number of aromatic nitrogens is 3. The first-order valence-electron chi connectivity index (χ1n) is 11.0. The molecule has 1 aromatic carbocycles.